The Morgan fingerprint density at radius 1 is 1.26 bits per heavy atom. The van der Waals surface area contributed by atoms with E-state index < -0.39 is 0 Å². The van der Waals surface area contributed by atoms with Gasteiger partial charge in [-0.3, -0.25) is 4.79 Å². The first kappa shape index (κ1) is 19.6. The molecular formula is C22H32N4O. The van der Waals surface area contributed by atoms with Crippen molar-refractivity contribution >= 4 is 11.7 Å². The Kier molecular flexibility index (Phi) is 6.00. The first-order valence-electron chi connectivity index (χ1n) is 10.1. The Bertz CT molecular complexity index is 760. The van der Waals surface area contributed by atoms with Gasteiger partial charge in [0.15, 0.2) is 0 Å². The van der Waals surface area contributed by atoms with Gasteiger partial charge in [-0.05, 0) is 31.2 Å². The summed E-state index contributed by atoms with van der Waals surface area (Å²) in [5.74, 6) is 0.817. The average Bonchev–Trinajstić information content (AvgIpc) is 3.05. The highest BCUT2D eigenvalue weighted by molar-refractivity contribution is 5.94. The van der Waals surface area contributed by atoms with Gasteiger partial charge < -0.3 is 10.6 Å². The van der Waals surface area contributed by atoms with Crippen LogP contribution in [0.3, 0.4) is 0 Å². The van der Waals surface area contributed by atoms with E-state index in [-0.39, 0.29) is 17.4 Å². The highest BCUT2D eigenvalue weighted by Crippen LogP contribution is 2.25. The molecule has 1 saturated heterocycles. The molecule has 1 aromatic heterocycles. The molecule has 0 saturated carbocycles. The van der Waals surface area contributed by atoms with Crippen LogP contribution < -0.4 is 10.6 Å². The number of carbonyl (C=O) groups excluding carboxylic acids is 1. The van der Waals surface area contributed by atoms with E-state index in [1.165, 1.54) is 5.56 Å². The fourth-order valence-corrected chi connectivity index (χ4v) is 3.52. The van der Waals surface area contributed by atoms with Crippen LogP contribution in [0.1, 0.15) is 64.6 Å². The minimum atomic E-state index is -0.123. The number of rotatable bonds is 5. The summed E-state index contributed by atoms with van der Waals surface area (Å²) in [6.45, 7) is 9.23. The van der Waals surface area contributed by atoms with E-state index >= 15 is 0 Å². The Morgan fingerprint density at radius 2 is 2.00 bits per heavy atom. The third-order valence-electron chi connectivity index (χ3n) is 5.27. The molecule has 2 unspecified atom stereocenters. The topological polar surface area (TPSA) is 59.0 Å². The summed E-state index contributed by atoms with van der Waals surface area (Å²) in [4.78, 5) is 12.9. The van der Waals surface area contributed by atoms with Crippen molar-refractivity contribution in [1.82, 2.24) is 15.1 Å². The van der Waals surface area contributed by atoms with Gasteiger partial charge in [-0.15, -0.1) is 0 Å². The maximum atomic E-state index is 12.9. The first-order valence-corrected chi connectivity index (χ1v) is 10.1. The number of piperidine rings is 1. The molecule has 2 N–H and O–H groups in total. The second-order valence-electron chi connectivity index (χ2n) is 8.55. The van der Waals surface area contributed by atoms with Crippen LogP contribution in [0.15, 0.2) is 36.4 Å². The lowest BCUT2D eigenvalue weighted by Crippen LogP contribution is -2.48. The number of anilines is 1. The zero-order valence-electron chi connectivity index (χ0n) is 17.0. The molecule has 1 aliphatic heterocycles. The lowest BCUT2D eigenvalue weighted by atomic mass is 9.92. The minimum Gasteiger partial charge on any atom is -0.310 e. The predicted molar refractivity (Wildman–Crippen MR) is 110 cm³/mol. The molecule has 0 spiro atoms. The molecule has 0 bridgehead atoms. The normalized spacial score (nSPS) is 20.4. The number of nitrogens with zero attached hydrogens (tertiary/aromatic N) is 2. The summed E-state index contributed by atoms with van der Waals surface area (Å²) >= 11 is 0. The molecule has 1 fully saturated rings. The van der Waals surface area contributed by atoms with E-state index in [0.717, 1.165) is 37.2 Å². The largest absolute Gasteiger partial charge is 0.310 e. The zero-order chi connectivity index (χ0) is 19.4. The molecule has 0 radical (unpaired) electrons. The lowest BCUT2D eigenvalue weighted by Gasteiger charge is -2.29. The highest BCUT2D eigenvalue weighted by atomic mass is 16.2. The number of hydrogen-bond donors (Lipinski definition) is 2. The molecule has 2 heterocycles. The van der Waals surface area contributed by atoms with Crippen LogP contribution in [0.4, 0.5) is 5.82 Å². The molecular weight excluding hydrogens is 336 g/mol. The van der Waals surface area contributed by atoms with Gasteiger partial charge in [0, 0.05) is 17.5 Å². The molecule has 146 valence electrons. The summed E-state index contributed by atoms with van der Waals surface area (Å²) in [6, 6.07) is 12.6. The van der Waals surface area contributed by atoms with Crippen LogP contribution >= 0.6 is 0 Å². The molecule has 1 aromatic carbocycles. The molecule has 5 heteroatoms. The lowest BCUT2D eigenvalue weighted by molar-refractivity contribution is -0.119. The van der Waals surface area contributed by atoms with Gasteiger partial charge in [-0.25, -0.2) is 4.68 Å². The van der Waals surface area contributed by atoms with Gasteiger partial charge in [-0.2, -0.15) is 5.10 Å². The van der Waals surface area contributed by atoms with Crippen molar-refractivity contribution in [2.45, 2.75) is 77.4 Å². The van der Waals surface area contributed by atoms with Crippen LogP contribution in [0.2, 0.25) is 0 Å². The third kappa shape index (κ3) is 4.98. The van der Waals surface area contributed by atoms with E-state index in [2.05, 4.69) is 50.5 Å². The molecule has 1 amide bonds. The second kappa shape index (κ2) is 8.26. The van der Waals surface area contributed by atoms with Gasteiger partial charge >= 0.3 is 0 Å². The minimum absolute atomic E-state index is 0.0443. The fraction of sp³-hybridized carbons (Fsp3) is 0.545. The fourth-order valence-electron chi connectivity index (χ4n) is 3.52. The maximum Gasteiger partial charge on any atom is 0.242 e. The number of carbonyl (C=O) groups is 1. The number of aromatic nitrogens is 2. The van der Waals surface area contributed by atoms with Gasteiger partial charge in [-0.1, -0.05) is 58.0 Å². The number of benzene rings is 1. The average molecular weight is 369 g/mol. The molecule has 2 aromatic rings. The quantitative estimate of drug-likeness (QED) is 0.836. The Balaban J connectivity index is 1.80. The van der Waals surface area contributed by atoms with Crippen LogP contribution in [0.25, 0.3) is 0 Å². The maximum absolute atomic E-state index is 12.9. The summed E-state index contributed by atoms with van der Waals surface area (Å²) in [7, 11) is 0. The van der Waals surface area contributed by atoms with Crippen LogP contribution in [0, 0.1) is 0 Å². The van der Waals surface area contributed by atoms with Crippen molar-refractivity contribution in [3.63, 3.8) is 0 Å². The summed E-state index contributed by atoms with van der Waals surface area (Å²) in [5, 5.41) is 11.4. The van der Waals surface area contributed by atoms with E-state index in [4.69, 9.17) is 5.10 Å². The van der Waals surface area contributed by atoms with Crippen molar-refractivity contribution < 1.29 is 4.79 Å². The Hall–Kier alpha value is -2.14. The molecule has 3 rings (SSSR count). The SMILES string of the molecule is CCC1CCCC(C(=O)Nc2cc(C(C)(C)C)nn2Cc2ccccc2)N1. The predicted octanol–water partition coefficient (Wildman–Crippen LogP) is 4.09. The van der Waals surface area contributed by atoms with E-state index in [1.54, 1.807) is 0 Å². The van der Waals surface area contributed by atoms with E-state index in [9.17, 15) is 4.79 Å². The van der Waals surface area contributed by atoms with E-state index in [0.29, 0.717) is 12.6 Å². The van der Waals surface area contributed by atoms with Gasteiger partial charge in [0.2, 0.25) is 5.91 Å². The number of nitrogens with one attached hydrogen (secondary N) is 2. The van der Waals surface area contributed by atoms with Crippen molar-refractivity contribution in [3.05, 3.63) is 47.7 Å². The highest BCUT2D eigenvalue weighted by Gasteiger charge is 2.27. The van der Waals surface area contributed by atoms with Gasteiger partial charge in [0.25, 0.3) is 0 Å². The van der Waals surface area contributed by atoms with Crippen molar-refractivity contribution in [1.29, 1.82) is 0 Å². The second-order valence-corrected chi connectivity index (χ2v) is 8.55. The molecule has 2 atom stereocenters. The molecule has 0 aliphatic carbocycles. The summed E-state index contributed by atoms with van der Waals surface area (Å²) in [6.07, 6.45) is 4.20. The third-order valence-corrected chi connectivity index (χ3v) is 5.27. The Labute approximate surface area is 162 Å². The van der Waals surface area contributed by atoms with Crippen molar-refractivity contribution in [3.8, 4) is 0 Å². The summed E-state index contributed by atoms with van der Waals surface area (Å²) in [5.41, 5.74) is 2.08. The summed E-state index contributed by atoms with van der Waals surface area (Å²) < 4.78 is 1.91. The van der Waals surface area contributed by atoms with E-state index in [1.807, 2.05) is 28.9 Å². The van der Waals surface area contributed by atoms with Crippen LogP contribution in [-0.4, -0.2) is 27.8 Å². The smallest absolute Gasteiger partial charge is 0.242 e. The van der Waals surface area contributed by atoms with Gasteiger partial charge in [0.1, 0.15) is 5.82 Å². The van der Waals surface area contributed by atoms with Crippen molar-refractivity contribution in [2.24, 2.45) is 0 Å². The number of hydrogen-bond acceptors (Lipinski definition) is 3. The molecule has 1 aliphatic rings. The number of amides is 1. The zero-order valence-corrected chi connectivity index (χ0v) is 17.0. The van der Waals surface area contributed by atoms with Crippen molar-refractivity contribution in [2.75, 3.05) is 5.32 Å². The standard InChI is InChI=1S/C22H32N4O/c1-5-17-12-9-13-18(23-17)21(27)24-20-14-19(22(2,3)4)25-26(20)15-16-10-7-6-8-11-16/h6-8,10-11,14,17-18,23H,5,9,12-13,15H2,1-4H3,(H,24,27). The van der Waals surface area contributed by atoms with Gasteiger partial charge in [0.05, 0.1) is 18.3 Å². The van der Waals surface area contributed by atoms with Crippen LogP contribution in [0.5, 0.6) is 0 Å². The monoisotopic (exact) mass is 368 g/mol. The Morgan fingerprint density at radius 3 is 2.67 bits per heavy atom. The molecule has 5 nitrogen and oxygen atoms in total. The first-order chi connectivity index (χ1) is 12.9. The molecule has 27 heavy (non-hydrogen) atoms. The van der Waals surface area contributed by atoms with Crippen LogP contribution in [-0.2, 0) is 16.8 Å².